The van der Waals surface area contributed by atoms with Gasteiger partial charge in [-0.25, -0.2) is 13.2 Å². The van der Waals surface area contributed by atoms with Crippen molar-refractivity contribution >= 4 is 44.3 Å². The zero-order valence-corrected chi connectivity index (χ0v) is 27.5. The number of likely N-dealkylation sites (tertiary alicyclic amines) is 1. The van der Waals surface area contributed by atoms with Crippen LogP contribution in [0.15, 0.2) is 65.6 Å². The van der Waals surface area contributed by atoms with E-state index < -0.39 is 55.0 Å². The van der Waals surface area contributed by atoms with Crippen LogP contribution in [0.5, 0.6) is 5.75 Å². The molecule has 0 aromatic heterocycles. The Kier molecular flexibility index (Phi) is 9.59. The number of carbonyl (C=O) groups is 2. The molecule has 9 nitrogen and oxygen atoms in total. The van der Waals surface area contributed by atoms with Gasteiger partial charge in [0.2, 0.25) is 6.04 Å². The molecule has 264 valence electrons. The van der Waals surface area contributed by atoms with Crippen LogP contribution in [0.1, 0.15) is 44.1 Å². The number of amides is 1. The third kappa shape index (κ3) is 7.08. The topological polar surface area (TPSA) is 119 Å². The van der Waals surface area contributed by atoms with Gasteiger partial charge >= 0.3 is 18.1 Å². The van der Waals surface area contributed by atoms with Gasteiger partial charge in [-0.1, -0.05) is 35.9 Å². The number of piperidine rings is 1. The average molecular weight is 730 g/mol. The maximum Gasteiger partial charge on any atom is 0.492 e. The number of sulfonamides is 1. The number of nitrogens with zero attached hydrogens (tertiary/aromatic N) is 2. The lowest BCUT2D eigenvalue weighted by atomic mass is 9.91. The molecule has 3 aromatic carbocycles. The summed E-state index contributed by atoms with van der Waals surface area (Å²) in [6.07, 6.45) is -0.817. The molecule has 3 fully saturated rings. The van der Waals surface area contributed by atoms with Crippen molar-refractivity contribution in [1.82, 2.24) is 9.37 Å². The Balaban J connectivity index is 1.44. The van der Waals surface area contributed by atoms with Crippen molar-refractivity contribution in [1.29, 1.82) is 0 Å². The van der Waals surface area contributed by atoms with Crippen LogP contribution in [0.25, 0.3) is 10.8 Å². The van der Waals surface area contributed by atoms with Crippen molar-refractivity contribution in [2.45, 2.75) is 73.7 Å². The van der Waals surface area contributed by atoms with Gasteiger partial charge in [-0.05, 0) is 102 Å². The van der Waals surface area contributed by atoms with Crippen LogP contribution in [0, 0.1) is 11.8 Å². The molecule has 6 rings (SSSR count). The normalized spacial score (nSPS) is 22.4. The number of hydroxylamine groups is 1. The van der Waals surface area contributed by atoms with Gasteiger partial charge in [-0.15, -0.1) is 0 Å². The molecule has 2 N–H and O–H groups in total. The highest BCUT2D eigenvalue weighted by Crippen LogP contribution is 2.42. The molecule has 3 aromatic rings. The minimum Gasteiger partial charge on any atom is -0.490 e. The molecular weight excluding hydrogens is 697 g/mol. The minimum atomic E-state index is -5.81. The Bertz CT molecular complexity index is 1820. The van der Waals surface area contributed by atoms with Crippen LogP contribution < -0.4 is 10.5 Å². The predicted octanol–water partition coefficient (Wildman–Crippen LogP) is 6.18. The Hall–Kier alpha value is -3.53. The molecule has 1 aliphatic heterocycles. The van der Waals surface area contributed by atoms with E-state index in [4.69, 9.17) is 22.1 Å². The highest BCUT2D eigenvalue weighted by atomic mass is 35.5. The summed E-state index contributed by atoms with van der Waals surface area (Å²) in [4.78, 5) is 30.9. The van der Waals surface area contributed by atoms with Gasteiger partial charge in [0, 0.05) is 29.7 Å². The first-order chi connectivity index (χ1) is 23.1. The first-order valence-corrected chi connectivity index (χ1v) is 17.6. The summed E-state index contributed by atoms with van der Waals surface area (Å²) in [5.74, 6) is -9.31. The van der Waals surface area contributed by atoms with E-state index in [1.165, 1.54) is 12.1 Å². The first kappa shape index (κ1) is 35.3. The Morgan fingerprint density at radius 2 is 1.47 bits per heavy atom. The summed E-state index contributed by atoms with van der Waals surface area (Å²) in [7, 11) is -5.60. The molecule has 2 saturated carbocycles. The van der Waals surface area contributed by atoms with Crippen molar-refractivity contribution in [3.8, 4) is 5.75 Å². The SMILES string of the molecule is NC1[C@@H]2CC[C@H]1CN(C(=O)[C@H](N(OC(=O)C(F)(F)F)S(=O)(=O)c1ccc3cc(OC4CCCC4)ccc3c1)C(F)(F)c1ccc(Cl)cc1)C2. The Morgan fingerprint density at radius 1 is 0.878 bits per heavy atom. The summed E-state index contributed by atoms with van der Waals surface area (Å²) >= 11 is 5.87. The molecule has 2 bridgehead atoms. The number of hydrogen-bond acceptors (Lipinski definition) is 7. The van der Waals surface area contributed by atoms with Crippen LogP contribution in [0.2, 0.25) is 5.02 Å². The third-order valence-electron chi connectivity index (χ3n) is 9.56. The van der Waals surface area contributed by atoms with Gasteiger partial charge in [0.05, 0.1) is 11.0 Å². The molecule has 16 heteroatoms. The van der Waals surface area contributed by atoms with E-state index in [1.807, 2.05) is 0 Å². The lowest BCUT2D eigenvalue weighted by molar-refractivity contribution is -0.239. The molecule has 49 heavy (non-hydrogen) atoms. The number of nitrogens with two attached hydrogens (primary N) is 1. The van der Waals surface area contributed by atoms with Crippen LogP contribution in [-0.4, -0.2) is 67.1 Å². The summed E-state index contributed by atoms with van der Waals surface area (Å²) in [6.45, 7) is -0.294. The van der Waals surface area contributed by atoms with Crippen LogP contribution in [-0.2, 0) is 30.4 Å². The zero-order valence-electron chi connectivity index (χ0n) is 25.9. The van der Waals surface area contributed by atoms with Crippen LogP contribution >= 0.6 is 11.6 Å². The van der Waals surface area contributed by atoms with Gasteiger partial charge in [0.25, 0.3) is 15.9 Å². The number of benzene rings is 3. The lowest BCUT2D eigenvalue weighted by Gasteiger charge is -2.41. The molecule has 0 radical (unpaired) electrons. The minimum absolute atomic E-state index is 0.0185. The summed E-state index contributed by atoms with van der Waals surface area (Å²) < 4.78 is 108. The summed E-state index contributed by atoms with van der Waals surface area (Å²) in [5.41, 5.74) is 5.27. The molecule has 1 amide bonds. The maximum absolute atomic E-state index is 16.6. The largest absolute Gasteiger partial charge is 0.492 e. The molecule has 0 spiro atoms. The molecule has 2 aliphatic carbocycles. The van der Waals surface area contributed by atoms with Gasteiger partial charge in [-0.2, -0.15) is 22.0 Å². The standard InChI is InChI=1S/C33H33ClF5N3O6S/c34-24-11-9-23(10-12-24)32(35,36)29(30(43)41-17-21-5-6-22(18-41)28(21)40)42(48-31(44)33(37,38)39)49(45,46)27-14-8-19-15-26(13-7-20(19)16-27)47-25-3-1-2-4-25/h7-16,21-22,25,28-29H,1-6,17-18,40H2/t21-,22+,28?,29-/m0/s1. The monoisotopic (exact) mass is 729 g/mol. The molecule has 4 atom stereocenters. The number of hydrogen-bond donors (Lipinski definition) is 1. The number of alkyl halides is 5. The van der Waals surface area contributed by atoms with E-state index in [1.54, 1.807) is 12.1 Å². The van der Waals surface area contributed by atoms with Crippen molar-refractivity contribution < 1.29 is 49.5 Å². The second kappa shape index (κ2) is 13.3. The smallest absolute Gasteiger partial charge is 0.490 e. The van der Waals surface area contributed by atoms with Gasteiger partial charge in [0.1, 0.15) is 5.75 Å². The predicted molar refractivity (Wildman–Crippen MR) is 168 cm³/mol. The van der Waals surface area contributed by atoms with Crippen molar-refractivity contribution in [3.05, 3.63) is 71.2 Å². The Morgan fingerprint density at radius 3 is 2.08 bits per heavy atom. The second-order valence-electron chi connectivity index (χ2n) is 12.8. The maximum atomic E-state index is 16.6. The quantitative estimate of drug-likeness (QED) is 0.206. The summed E-state index contributed by atoms with van der Waals surface area (Å²) in [5, 5.41) is 0.758. The zero-order chi connectivity index (χ0) is 35.3. The van der Waals surface area contributed by atoms with E-state index in [0.717, 1.165) is 67.0 Å². The fourth-order valence-corrected chi connectivity index (χ4v) is 8.45. The third-order valence-corrected chi connectivity index (χ3v) is 11.4. The van der Waals surface area contributed by atoms with Crippen molar-refractivity contribution in [2.75, 3.05) is 13.1 Å². The molecule has 3 aliphatic rings. The first-order valence-electron chi connectivity index (χ1n) is 15.8. The lowest BCUT2D eigenvalue weighted by Crippen LogP contribution is -2.61. The molecular formula is C33H33ClF5N3O6S. The van der Waals surface area contributed by atoms with Crippen molar-refractivity contribution in [2.24, 2.45) is 17.6 Å². The Labute approximate surface area is 284 Å². The molecule has 1 saturated heterocycles. The fourth-order valence-electron chi connectivity index (χ4n) is 6.94. The second-order valence-corrected chi connectivity index (χ2v) is 15.0. The number of fused-ring (bicyclic) bond motifs is 3. The van der Waals surface area contributed by atoms with Gasteiger partial charge < -0.3 is 20.2 Å². The average Bonchev–Trinajstić information content (AvgIpc) is 3.61. The summed E-state index contributed by atoms with van der Waals surface area (Å²) in [6, 6.07) is 8.09. The number of halogens is 6. The molecule has 1 heterocycles. The van der Waals surface area contributed by atoms with Gasteiger partial charge in [0.15, 0.2) is 0 Å². The van der Waals surface area contributed by atoms with E-state index >= 15 is 8.78 Å². The highest BCUT2D eigenvalue weighted by Gasteiger charge is 2.59. The van der Waals surface area contributed by atoms with Crippen LogP contribution in [0.4, 0.5) is 22.0 Å². The van der Waals surface area contributed by atoms with E-state index in [2.05, 4.69) is 4.84 Å². The number of rotatable bonds is 9. The van der Waals surface area contributed by atoms with E-state index in [0.29, 0.717) is 24.0 Å². The van der Waals surface area contributed by atoms with Crippen LogP contribution in [0.3, 0.4) is 0 Å². The van der Waals surface area contributed by atoms with E-state index in [-0.39, 0.29) is 47.5 Å². The van der Waals surface area contributed by atoms with E-state index in [9.17, 15) is 31.2 Å². The fraction of sp³-hybridized carbons (Fsp3) is 0.455. The number of ether oxygens (including phenoxy) is 1. The molecule has 1 unspecified atom stereocenters. The number of carbonyl (C=O) groups excluding carboxylic acids is 2. The van der Waals surface area contributed by atoms with Crippen molar-refractivity contribution in [3.63, 3.8) is 0 Å². The van der Waals surface area contributed by atoms with Gasteiger partial charge in [-0.3, -0.25) is 4.79 Å². The highest BCUT2D eigenvalue weighted by molar-refractivity contribution is 7.89.